The fourth-order valence-corrected chi connectivity index (χ4v) is 2.13. The molecule has 0 unspecified atom stereocenters. The highest BCUT2D eigenvalue weighted by Gasteiger charge is 2.41. The van der Waals surface area contributed by atoms with E-state index in [1.165, 1.54) is 4.90 Å². The van der Waals surface area contributed by atoms with Gasteiger partial charge in [-0.05, 0) is 12.8 Å². The minimum absolute atomic E-state index is 0.0700. The Hall–Kier alpha value is -0.750. The first-order chi connectivity index (χ1) is 7.92. The van der Waals surface area contributed by atoms with E-state index < -0.39 is 30.5 Å². The predicted molar refractivity (Wildman–Crippen MR) is 57.6 cm³/mol. The van der Waals surface area contributed by atoms with E-state index in [4.69, 9.17) is 5.11 Å². The Morgan fingerprint density at radius 1 is 1.53 bits per heavy atom. The van der Waals surface area contributed by atoms with Gasteiger partial charge >= 0.3 is 0 Å². The minimum atomic E-state index is -2.76. The number of alkyl halides is 2. The molecule has 0 aromatic rings. The Labute approximate surface area is 99.2 Å². The molecule has 4 nitrogen and oxygen atoms in total. The van der Waals surface area contributed by atoms with Crippen LogP contribution in [0.25, 0.3) is 0 Å². The first kappa shape index (κ1) is 14.3. The van der Waals surface area contributed by atoms with Gasteiger partial charge in [0.15, 0.2) is 6.10 Å². The van der Waals surface area contributed by atoms with E-state index in [-0.39, 0.29) is 25.9 Å². The number of carbonyl (C=O) groups excluding carboxylic acids is 1. The molecule has 1 saturated heterocycles. The summed E-state index contributed by atoms with van der Waals surface area (Å²) in [5.74, 6) is -4.14. The van der Waals surface area contributed by atoms with Gasteiger partial charge in [0.05, 0.1) is 6.61 Å². The predicted octanol–water partition coefficient (Wildman–Crippen LogP) is 0.623. The van der Waals surface area contributed by atoms with Crippen LogP contribution in [0, 0.1) is 5.92 Å². The Morgan fingerprint density at radius 3 is 2.71 bits per heavy atom. The zero-order valence-corrected chi connectivity index (χ0v) is 9.90. The van der Waals surface area contributed by atoms with Crippen molar-refractivity contribution in [1.29, 1.82) is 0 Å². The lowest BCUT2D eigenvalue weighted by Gasteiger charge is -2.22. The molecule has 0 radical (unpaired) electrons. The van der Waals surface area contributed by atoms with E-state index in [0.717, 1.165) is 0 Å². The summed E-state index contributed by atoms with van der Waals surface area (Å²) in [6.07, 6.45) is -1.28. The number of carbonyl (C=O) groups is 1. The zero-order valence-electron chi connectivity index (χ0n) is 9.90. The highest BCUT2D eigenvalue weighted by molar-refractivity contribution is 5.80. The van der Waals surface area contributed by atoms with Crippen LogP contribution in [0.3, 0.4) is 0 Å². The molecule has 2 atom stereocenters. The zero-order chi connectivity index (χ0) is 13.1. The largest absolute Gasteiger partial charge is 0.393 e. The van der Waals surface area contributed by atoms with Crippen molar-refractivity contribution in [3.63, 3.8) is 0 Å². The van der Waals surface area contributed by atoms with Gasteiger partial charge in [-0.3, -0.25) is 4.79 Å². The number of likely N-dealkylation sites (tertiary alicyclic amines) is 1. The van der Waals surface area contributed by atoms with Crippen molar-refractivity contribution in [2.24, 2.45) is 5.92 Å². The summed E-state index contributed by atoms with van der Waals surface area (Å²) >= 11 is 0. The van der Waals surface area contributed by atoms with Crippen LogP contribution in [0.4, 0.5) is 8.78 Å². The number of aliphatic hydroxyl groups is 2. The summed E-state index contributed by atoms with van der Waals surface area (Å²) in [6, 6.07) is 0. The Kier molecular flexibility index (Phi) is 4.82. The molecular weight excluding hydrogens is 232 g/mol. The molecule has 1 aliphatic rings. The number of nitrogens with zero attached hydrogens (tertiary/aromatic N) is 1. The average Bonchev–Trinajstić information content (AvgIpc) is 2.45. The molecule has 1 heterocycles. The number of aliphatic hydroxyl groups excluding tert-OH is 2. The van der Waals surface area contributed by atoms with Crippen molar-refractivity contribution < 1.29 is 23.8 Å². The molecule has 0 aromatic carbocycles. The number of halogens is 2. The molecule has 0 aromatic heterocycles. The van der Waals surface area contributed by atoms with Gasteiger partial charge in [-0.1, -0.05) is 6.92 Å². The first-order valence-electron chi connectivity index (χ1n) is 5.88. The van der Waals surface area contributed by atoms with Gasteiger partial charge in [-0.2, -0.15) is 0 Å². The van der Waals surface area contributed by atoms with E-state index >= 15 is 0 Å². The lowest BCUT2D eigenvalue weighted by Crippen LogP contribution is -2.41. The Bertz CT molecular complexity index is 273. The third-order valence-corrected chi connectivity index (χ3v) is 3.32. The van der Waals surface area contributed by atoms with Gasteiger partial charge in [0.2, 0.25) is 0 Å². The maximum absolute atomic E-state index is 13.6. The van der Waals surface area contributed by atoms with Crippen LogP contribution in [0.5, 0.6) is 0 Å². The van der Waals surface area contributed by atoms with Crippen LogP contribution >= 0.6 is 0 Å². The molecule has 0 aliphatic carbocycles. The summed E-state index contributed by atoms with van der Waals surface area (Å²) in [5.41, 5.74) is 0. The fraction of sp³-hybridized carbons (Fsp3) is 0.909. The molecule has 1 aliphatic heterocycles. The summed E-state index contributed by atoms with van der Waals surface area (Å²) < 4.78 is 27.2. The molecule has 2 N–H and O–H groups in total. The van der Waals surface area contributed by atoms with Crippen molar-refractivity contribution in [2.45, 2.75) is 38.2 Å². The van der Waals surface area contributed by atoms with E-state index in [1.807, 2.05) is 0 Å². The van der Waals surface area contributed by atoms with E-state index in [2.05, 4.69) is 0 Å². The molecule has 1 amide bonds. The molecule has 1 rings (SSSR count). The van der Waals surface area contributed by atoms with Crippen LogP contribution in [-0.4, -0.2) is 52.7 Å². The van der Waals surface area contributed by atoms with Crippen LogP contribution < -0.4 is 0 Å². The number of hydrogen-bond acceptors (Lipinski definition) is 3. The Morgan fingerprint density at radius 2 is 2.18 bits per heavy atom. The SMILES string of the molecule is CC[C@H]1CCN(C(=O)[C@H](O)CO)CCC1(F)F. The first-order valence-corrected chi connectivity index (χ1v) is 5.88. The number of rotatable bonds is 3. The lowest BCUT2D eigenvalue weighted by atomic mass is 9.94. The minimum Gasteiger partial charge on any atom is -0.393 e. The molecule has 1 fully saturated rings. The molecule has 0 spiro atoms. The molecule has 0 saturated carbocycles. The van der Waals surface area contributed by atoms with Crippen molar-refractivity contribution in [1.82, 2.24) is 4.90 Å². The number of amides is 1. The van der Waals surface area contributed by atoms with Crippen LogP contribution in [0.2, 0.25) is 0 Å². The van der Waals surface area contributed by atoms with Crippen molar-refractivity contribution >= 4 is 5.91 Å². The van der Waals surface area contributed by atoms with Crippen LogP contribution in [0.1, 0.15) is 26.2 Å². The highest BCUT2D eigenvalue weighted by Crippen LogP contribution is 2.35. The van der Waals surface area contributed by atoms with Crippen LogP contribution in [-0.2, 0) is 4.79 Å². The monoisotopic (exact) mass is 251 g/mol. The number of hydrogen-bond donors (Lipinski definition) is 2. The smallest absolute Gasteiger partial charge is 0.253 e. The molecule has 6 heteroatoms. The van der Waals surface area contributed by atoms with E-state index in [1.54, 1.807) is 6.92 Å². The maximum atomic E-state index is 13.6. The van der Waals surface area contributed by atoms with E-state index in [0.29, 0.717) is 6.42 Å². The molecular formula is C11H19F2NO3. The standard InChI is InChI=1S/C11H19F2NO3/c1-2-8-3-5-14(6-4-11(8,12)13)10(17)9(16)7-15/h8-9,15-16H,2-7H2,1H3/t8-,9+/m0/s1. The second-order valence-electron chi connectivity index (χ2n) is 4.43. The molecule has 0 bridgehead atoms. The summed E-state index contributed by atoms with van der Waals surface area (Å²) in [7, 11) is 0. The van der Waals surface area contributed by atoms with Crippen molar-refractivity contribution in [3.8, 4) is 0 Å². The fourth-order valence-electron chi connectivity index (χ4n) is 2.13. The van der Waals surface area contributed by atoms with E-state index in [9.17, 15) is 18.7 Å². The average molecular weight is 251 g/mol. The van der Waals surface area contributed by atoms with Crippen molar-refractivity contribution in [3.05, 3.63) is 0 Å². The topological polar surface area (TPSA) is 60.8 Å². The van der Waals surface area contributed by atoms with Gasteiger partial charge in [0.1, 0.15) is 0 Å². The summed E-state index contributed by atoms with van der Waals surface area (Å²) in [5, 5.41) is 17.9. The Balaban J connectivity index is 2.67. The second kappa shape index (κ2) is 5.73. The highest BCUT2D eigenvalue weighted by atomic mass is 19.3. The van der Waals surface area contributed by atoms with Gasteiger partial charge < -0.3 is 15.1 Å². The van der Waals surface area contributed by atoms with Gasteiger partial charge in [0, 0.05) is 25.4 Å². The summed E-state index contributed by atoms with van der Waals surface area (Å²) in [6.45, 7) is 1.17. The molecule has 17 heavy (non-hydrogen) atoms. The molecule has 100 valence electrons. The quantitative estimate of drug-likeness (QED) is 0.773. The van der Waals surface area contributed by atoms with Crippen molar-refractivity contribution in [2.75, 3.05) is 19.7 Å². The normalized spacial score (nSPS) is 26.4. The lowest BCUT2D eigenvalue weighted by molar-refractivity contribution is -0.142. The third-order valence-electron chi connectivity index (χ3n) is 3.32. The second-order valence-corrected chi connectivity index (χ2v) is 4.43. The van der Waals surface area contributed by atoms with Crippen LogP contribution in [0.15, 0.2) is 0 Å². The summed E-state index contributed by atoms with van der Waals surface area (Å²) in [4.78, 5) is 12.8. The maximum Gasteiger partial charge on any atom is 0.253 e. The van der Waals surface area contributed by atoms with Gasteiger partial charge in [0.25, 0.3) is 11.8 Å². The third kappa shape index (κ3) is 3.35. The van der Waals surface area contributed by atoms with Gasteiger partial charge in [-0.15, -0.1) is 0 Å². The van der Waals surface area contributed by atoms with Gasteiger partial charge in [-0.25, -0.2) is 8.78 Å².